The molecule has 0 fully saturated rings. The predicted octanol–water partition coefficient (Wildman–Crippen LogP) is 6.76. The van der Waals surface area contributed by atoms with E-state index in [4.69, 9.17) is 17.0 Å². The van der Waals surface area contributed by atoms with Crippen LogP contribution in [0.25, 0.3) is 10.4 Å². The highest BCUT2D eigenvalue weighted by molar-refractivity contribution is 7.80. The fraction of sp³-hybridized carbons (Fsp3) is 0.280. The van der Waals surface area contributed by atoms with Gasteiger partial charge in [0, 0.05) is 4.88 Å². The SMILES string of the molecule is CCC(C)c1ccc(C(C)NC(=S)Nc2sc(-c3ccccc3)cc2C(=O)OC)cc1. The van der Waals surface area contributed by atoms with Gasteiger partial charge in [0.15, 0.2) is 5.11 Å². The summed E-state index contributed by atoms with van der Waals surface area (Å²) in [5.74, 6) is 0.159. The fourth-order valence-corrected chi connectivity index (χ4v) is 4.66. The molecule has 3 rings (SSSR count). The predicted molar refractivity (Wildman–Crippen MR) is 134 cm³/mol. The number of nitrogens with one attached hydrogen (secondary N) is 2. The fourth-order valence-electron chi connectivity index (χ4n) is 3.26. The number of thiocarbonyl (C=S) groups is 1. The summed E-state index contributed by atoms with van der Waals surface area (Å²) < 4.78 is 4.96. The molecule has 3 aromatic rings. The molecule has 0 saturated heterocycles. The van der Waals surface area contributed by atoms with Gasteiger partial charge in [-0.2, -0.15) is 0 Å². The summed E-state index contributed by atoms with van der Waals surface area (Å²) in [4.78, 5) is 13.3. The Labute approximate surface area is 193 Å². The van der Waals surface area contributed by atoms with Gasteiger partial charge in [-0.1, -0.05) is 68.4 Å². The molecule has 0 saturated carbocycles. The molecule has 0 aliphatic carbocycles. The molecule has 2 atom stereocenters. The number of hydrogen-bond donors (Lipinski definition) is 2. The number of esters is 1. The van der Waals surface area contributed by atoms with Crippen molar-refractivity contribution in [3.8, 4) is 10.4 Å². The van der Waals surface area contributed by atoms with Crippen LogP contribution in [0.15, 0.2) is 60.7 Å². The van der Waals surface area contributed by atoms with Crippen molar-refractivity contribution in [2.45, 2.75) is 39.2 Å². The highest BCUT2D eigenvalue weighted by Crippen LogP contribution is 2.36. The molecule has 162 valence electrons. The molecule has 0 bridgehead atoms. The summed E-state index contributed by atoms with van der Waals surface area (Å²) in [7, 11) is 1.38. The van der Waals surface area contributed by atoms with Crippen LogP contribution in [0.2, 0.25) is 0 Å². The zero-order chi connectivity index (χ0) is 22.4. The van der Waals surface area contributed by atoms with Crippen LogP contribution in [-0.4, -0.2) is 18.2 Å². The normalized spacial score (nSPS) is 12.6. The molecule has 6 heteroatoms. The second-order valence-corrected chi connectivity index (χ2v) is 8.97. The molecule has 31 heavy (non-hydrogen) atoms. The lowest BCUT2D eigenvalue weighted by Crippen LogP contribution is -2.31. The number of anilines is 1. The van der Waals surface area contributed by atoms with Crippen LogP contribution in [0.1, 0.15) is 60.6 Å². The summed E-state index contributed by atoms with van der Waals surface area (Å²) in [5, 5.41) is 7.64. The number of carbonyl (C=O) groups is 1. The standard InChI is InChI=1S/C25H28N2O2S2/c1-5-16(2)18-11-13-19(14-12-18)17(3)26-25(30)27-23-21(24(28)29-4)15-22(31-23)20-9-7-6-8-10-20/h6-17H,5H2,1-4H3,(H2,26,27,30). The van der Waals surface area contributed by atoms with E-state index in [2.05, 4.69) is 55.7 Å². The maximum atomic E-state index is 12.3. The zero-order valence-electron chi connectivity index (χ0n) is 18.3. The van der Waals surface area contributed by atoms with E-state index in [1.54, 1.807) is 0 Å². The summed E-state index contributed by atoms with van der Waals surface area (Å²) in [5.41, 5.74) is 4.01. The van der Waals surface area contributed by atoms with E-state index >= 15 is 0 Å². The lowest BCUT2D eigenvalue weighted by atomic mass is 9.96. The molecule has 1 aromatic heterocycles. The number of hydrogen-bond acceptors (Lipinski definition) is 4. The van der Waals surface area contributed by atoms with Crippen molar-refractivity contribution < 1.29 is 9.53 Å². The Morgan fingerprint density at radius 1 is 1.06 bits per heavy atom. The minimum absolute atomic E-state index is 0.0288. The van der Waals surface area contributed by atoms with E-state index in [0.717, 1.165) is 22.4 Å². The minimum Gasteiger partial charge on any atom is -0.465 e. The first kappa shape index (κ1) is 23.0. The molecule has 2 aromatic carbocycles. The van der Waals surface area contributed by atoms with E-state index in [1.165, 1.54) is 24.0 Å². The molecule has 4 nitrogen and oxygen atoms in total. The van der Waals surface area contributed by atoms with Gasteiger partial charge in [0.25, 0.3) is 0 Å². The van der Waals surface area contributed by atoms with Crippen LogP contribution < -0.4 is 10.6 Å². The van der Waals surface area contributed by atoms with Crippen LogP contribution in [0.5, 0.6) is 0 Å². The van der Waals surface area contributed by atoms with Gasteiger partial charge in [-0.25, -0.2) is 4.79 Å². The topological polar surface area (TPSA) is 50.4 Å². The molecule has 2 unspecified atom stereocenters. The van der Waals surface area contributed by atoms with Crippen LogP contribution in [-0.2, 0) is 4.74 Å². The Bertz CT molecular complexity index is 1030. The smallest absolute Gasteiger partial charge is 0.340 e. The van der Waals surface area contributed by atoms with Crippen LogP contribution >= 0.6 is 23.6 Å². The molecule has 0 aliphatic rings. The van der Waals surface area contributed by atoms with Crippen LogP contribution in [0, 0.1) is 0 Å². The van der Waals surface area contributed by atoms with E-state index in [9.17, 15) is 4.79 Å². The van der Waals surface area contributed by atoms with E-state index in [0.29, 0.717) is 21.6 Å². The summed E-state index contributed by atoms with van der Waals surface area (Å²) in [6.45, 7) is 6.50. The second-order valence-electron chi connectivity index (χ2n) is 7.51. The number of ether oxygens (including phenoxy) is 1. The summed E-state index contributed by atoms with van der Waals surface area (Å²) in [6.07, 6.45) is 1.12. The molecule has 0 amide bonds. The van der Waals surface area contributed by atoms with Crippen LogP contribution in [0.4, 0.5) is 5.00 Å². The Balaban J connectivity index is 1.73. The van der Waals surface area contributed by atoms with E-state index in [-0.39, 0.29) is 6.04 Å². The Morgan fingerprint density at radius 2 is 1.71 bits per heavy atom. The number of carbonyl (C=O) groups excluding carboxylic acids is 1. The highest BCUT2D eigenvalue weighted by atomic mass is 32.1. The summed E-state index contributed by atoms with van der Waals surface area (Å²) >= 11 is 7.01. The molecular formula is C25H28N2O2S2. The first-order chi connectivity index (χ1) is 14.9. The molecule has 0 aliphatic heterocycles. The first-order valence-electron chi connectivity index (χ1n) is 10.4. The van der Waals surface area contributed by atoms with Gasteiger partial charge in [-0.05, 0) is 54.2 Å². The number of benzene rings is 2. The monoisotopic (exact) mass is 452 g/mol. The van der Waals surface area contributed by atoms with Gasteiger partial charge < -0.3 is 15.4 Å². The third-order valence-corrected chi connectivity index (χ3v) is 6.71. The number of thiophene rings is 1. The molecule has 0 spiro atoms. The number of methoxy groups -OCH3 is 1. The average Bonchev–Trinajstić information content (AvgIpc) is 3.22. The minimum atomic E-state index is -0.391. The Kier molecular flexibility index (Phi) is 7.82. The van der Waals surface area contributed by atoms with Crippen molar-refractivity contribution in [1.29, 1.82) is 0 Å². The van der Waals surface area contributed by atoms with Gasteiger partial charge in [-0.15, -0.1) is 11.3 Å². The number of rotatable bonds is 7. The lowest BCUT2D eigenvalue weighted by Gasteiger charge is -2.18. The van der Waals surface area contributed by atoms with Crippen molar-refractivity contribution in [1.82, 2.24) is 5.32 Å². The summed E-state index contributed by atoms with van der Waals surface area (Å²) in [6, 6.07) is 20.4. The van der Waals surface area contributed by atoms with Crippen molar-refractivity contribution in [3.63, 3.8) is 0 Å². The first-order valence-corrected chi connectivity index (χ1v) is 11.6. The van der Waals surface area contributed by atoms with E-state index in [1.807, 2.05) is 36.4 Å². The molecule has 1 heterocycles. The largest absolute Gasteiger partial charge is 0.465 e. The maximum Gasteiger partial charge on any atom is 0.340 e. The van der Waals surface area contributed by atoms with E-state index < -0.39 is 5.97 Å². The zero-order valence-corrected chi connectivity index (χ0v) is 19.9. The molecular weight excluding hydrogens is 424 g/mol. The third-order valence-electron chi connectivity index (χ3n) is 5.39. The average molecular weight is 453 g/mol. The lowest BCUT2D eigenvalue weighted by molar-refractivity contribution is 0.0602. The van der Waals surface area contributed by atoms with Gasteiger partial charge in [0.1, 0.15) is 5.00 Å². The highest BCUT2D eigenvalue weighted by Gasteiger charge is 2.19. The van der Waals surface area contributed by atoms with Gasteiger partial charge in [-0.3, -0.25) is 0 Å². The third kappa shape index (κ3) is 5.71. The van der Waals surface area contributed by atoms with Gasteiger partial charge in [0.2, 0.25) is 0 Å². The van der Waals surface area contributed by atoms with Crippen molar-refractivity contribution in [2.75, 3.05) is 12.4 Å². The Hall–Kier alpha value is -2.70. The van der Waals surface area contributed by atoms with Crippen molar-refractivity contribution in [3.05, 3.63) is 77.4 Å². The maximum absolute atomic E-state index is 12.3. The van der Waals surface area contributed by atoms with Crippen LogP contribution in [0.3, 0.4) is 0 Å². The quantitative estimate of drug-likeness (QED) is 0.306. The second kappa shape index (κ2) is 10.6. The Morgan fingerprint density at radius 3 is 2.32 bits per heavy atom. The molecule has 2 N–H and O–H groups in total. The molecule has 0 radical (unpaired) electrons. The van der Waals surface area contributed by atoms with Crippen molar-refractivity contribution in [2.24, 2.45) is 0 Å². The van der Waals surface area contributed by atoms with Gasteiger partial charge >= 0.3 is 5.97 Å². The van der Waals surface area contributed by atoms with Gasteiger partial charge in [0.05, 0.1) is 18.7 Å². The van der Waals surface area contributed by atoms with Crippen molar-refractivity contribution >= 4 is 39.6 Å².